The first-order chi connectivity index (χ1) is 15.5. The third-order valence-corrected chi connectivity index (χ3v) is 6.71. The van der Waals surface area contributed by atoms with Gasteiger partial charge in [0.1, 0.15) is 0 Å². The van der Waals surface area contributed by atoms with E-state index in [1.54, 1.807) is 36.4 Å². The lowest BCUT2D eigenvalue weighted by molar-refractivity contribution is -0.118. The predicted octanol–water partition coefficient (Wildman–Crippen LogP) is 5.41. The van der Waals surface area contributed by atoms with E-state index in [9.17, 15) is 9.59 Å². The van der Waals surface area contributed by atoms with Crippen molar-refractivity contribution in [3.05, 3.63) is 98.3 Å². The number of halogens is 2. The molecule has 0 fully saturated rings. The van der Waals surface area contributed by atoms with Gasteiger partial charge in [-0.1, -0.05) is 71.4 Å². The van der Waals surface area contributed by atoms with E-state index < -0.39 is 0 Å². The first kappa shape index (κ1) is 22.4. The number of nitrogens with zero attached hydrogens (tertiary/aromatic N) is 2. The summed E-state index contributed by atoms with van der Waals surface area (Å²) < 4.78 is 1.52. The van der Waals surface area contributed by atoms with Crippen LogP contribution < -0.4 is 10.9 Å². The molecule has 4 rings (SSSR count). The maximum atomic E-state index is 13.4. The SMILES string of the molecule is Cc1c(Cl)cccc1-n1c(SCC(=O)NCc2ccccc2Cl)nc2ccccc2c1=O. The van der Waals surface area contributed by atoms with Gasteiger partial charge in [0.25, 0.3) is 5.56 Å². The largest absolute Gasteiger partial charge is 0.351 e. The summed E-state index contributed by atoms with van der Waals surface area (Å²) in [4.78, 5) is 30.5. The molecule has 0 bridgehead atoms. The minimum atomic E-state index is -0.208. The van der Waals surface area contributed by atoms with Crippen molar-refractivity contribution in [2.24, 2.45) is 0 Å². The van der Waals surface area contributed by atoms with Crippen LogP contribution in [0.1, 0.15) is 11.1 Å². The molecule has 0 saturated heterocycles. The second-order valence-electron chi connectivity index (χ2n) is 7.09. The second kappa shape index (κ2) is 9.77. The van der Waals surface area contributed by atoms with E-state index in [4.69, 9.17) is 23.2 Å². The average molecular weight is 484 g/mol. The zero-order valence-electron chi connectivity index (χ0n) is 17.1. The fourth-order valence-electron chi connectivity index (χ4n) is 3.28. The van der Waals surface area contributed by atoms with Crippen LogP contribution >= 0.6 is 35.0 Å². The van der Waals surface area contributed by atoms with Crippen LogP contribution in [-0.4, -0.2) is 21.2 Å². The fraction of sp³-hybridized carbons (Fsp3) is 0.125. The smallest absolute Gasteiger partial charge is 0.266 e. The van der Waals surface area contributed by atoms with Gasteiger partial charge >= 0.3 is 0 Å². The molecule has 0 spiro atoms. The molecule has 0 aliphatic rings. The van der Waals surface area contributed by atoms with E-state index in [-0.39, 0.29) is 17.2 Å². The number of carbonyl (C=O) groups excluding carboxylic acids is 1. The molecule has 3 aromatic carbocycles. The normalized spacial score (nSPS) is 11.0. The summed E-state index contributed by atoms with van der Waals surface area (Å²) >= 11 is 13.7. The Balaban J connectivity index is 1.64. The molecule has 32 heavy (non-hydrogen) atoms. The molecular formula is C24H19Cl2N3O2S. The molecule has 0 radical (unpaired) electrons. The minimum absolute atomic E-state index is 0.0921. The number of thioether (sulfide) groups is 1. The Bertz CT molecular complexity index is 1370. The van der Waals surface area contributed by atoms with Crippen LogP contribution in [-0.2, 0) is 11.3 Å². The quantitative estimate of drug-likeness (QED) is 0.294. The summed E-state index contributed by atoms with van der Waals surface area (Å²) in [5.41, 5.74) is 2.60. The van der Waals surface area contributed by atoms with Gasteiger partial charge in [0.05, 0.1) is 22.3 Å². The van der Waals surface area contributed by atoms with Crippen molar-refractivity contribution in [3.8, 4) is 5.69 Å². The van der Waals surface area contributed by atoms with Crippen molar-refractivity contribution in [1.29, 1.82) is 0 Å². The van der Waals surface area contributed by atoms with Crippen molar-refractivity contribution >= 4 is 51.8 Å². The van der Waals surface area contributed by atoms with Gasteiger partial charge in [-0.05, 0) is 48.4 Å². The summed E-state index contributed by atoms with van der Waals surface area (Å²) in [5, 5.41) is 4.93. The number of fused-ring (bicyclic) bond motifs is 1. The zero-order valence-corrected chi connectivity index (χ0v) is 19.5. The summed E-state index contributed by atoms with van der Waals surface area (Å²) in [5.74, 6) is -0.0961. The number of rotatable bonds is 6. The number of nitrogens with one attached hydrogen (secondary N) is 1. The van der Waals surface area contributed by atoms with Crippen LogP contribution in [0.3, 0.4) is 0 Å². The molecular weight excluding hydrogens is 465 g/mol. The van der Waals surface area contributed by atoms with Crippen molar-refractivity contribution in [2.45, 2.75) is 18.6 Å². The highest BCUT2D eigenvalue weighted by atomic mass is 35.5. The van der Waals surface area contributed by atoms with E-state index in [1.807, 2.05) is 37.3 Å². The number of amides is 1. The van der Waals surface area contributed by atoms with E-state index >= 15 is 0 Å². The van der Waals surface area contributed by atoms with Crippen molar-refractivity contribution in [3.63, 3.8) is 0 Å². The summed E-state index contributed by atoms with van der Waals surface area (Å²) in [6, 6.07) is 19.9. The van der Waals surface area contributed by atoms with Crippen LogP contribution in [0, 0.1) is 6.92 Å². The number of para-hydroxylation sites is 1. The van der Waals surface area contributed by atoms with Gasteiger partial charge in [-0.3, -0.25) is 14.2 Å². The molecule has 4 aromatic rings. The van der Waals surface area contributed by atoms with Gasteiger partial charge in [-0.2, -0.15) is 0 Å². The Kier molecular flexibility index (Phi) is 6.84. The molecule has 162 valence electrons. The molecule has 0 aliphatic heterocycles. The maximum absolute atomic E-state index is 13.4. The molecule has 1 N–H and O–H groups in total. The third kappa shape index (κ3) is 4.67. The Morgan fingerprint density at radius 3 is 2.53 bits per heavy atom. The summed E-state index contributed by atoms with van der Waals surface area (Å²) in [6.45, 7) is 2.18. The van der Waals surface area contributed by atoms with E-state index in [1.165, 1.54) is 16.3 Å². The maximum Gasteiger partial charge on any atom is 0.266 e. The zero-order chi connectivity index (χ0) is 22.7. The summed E-state index contributed by atoms with van der Waals surface area (Å²) in [7, 11) is 0. The standard InChI is InChI=1S/C24H19Cl2N3O2S/c1-15-18(25)10-6-12-21(15)29-23(31)17-8-3-5-11-20(17)28-24(29)32-14-22(30)27-13-16-7-2-4-9-19(16)26/h2-12H,13-14H2,1H3,(H,27,30). The number of carbonyl (C=O) groups is 1. The topological polar surface area (TPSA) is 64.0 Å². The Labute approximate surface area is 199 Å². The number of hydrogen-bond donors (Lipinski definition) is 1. The number of benzene rings is 3. The highest BCUT2D eigenvalue weighted by Crippen LogP contribution is 2.26. The second-order valence-corrected chi connectivity index (χ2v) is 8.85. The molecule has 0 saturated carbocycles. The van der Waals surface area contributed by atoms with E-state index in [0.29, 0.717) is 38.3 Å². The van der Waals surface area contributed by atoms with Crippen molar-refractivity contribution in [2.75, 3.05) is 5.75 Å². The highest BCUT2D eigenvalue weighted by Gasteiger charge is 2.17. The predicted molar refractivity (Wildman–Crippen MR) is 131 cm³/mol. The van der Waals surface area contributed by atoms with Crippen LogP contribution in [0.4, 0.5) is 0 Å². The lowest BCUT2D eigenvalue weighted by atomic mass is 10.2. The summed E-state index contributed by atoms with van der Waals surface area (Å²) in [6.07, 6.45) is 0. The van der Waals surface area contributed by atoms with Gasteiger partial charge in [0.15, 0.2) is 5.16 Å². The molecule has 1 heterocycles. The average Bonchev–Trinajstić information content (AvgIpc) is 2.79. The van der Waals surface area contributed by atoms with Gasteiger partial charge in [0.2, 0.25) is 5.91 Å². The van der Waals surface area contributed by atoms with Gasteiger partial charge in [-0.15, -0.1) is 0 Å². The number of aromatic nitrogens is 2. The fourth-order valence-corrected chi connectivity index (χ4v) is 4.48. The Morgan fingerprint density at radius 2 is 1.72 bits per heavy atom. The molecule has 1 aromatic heterocycles. The molecule has 5 nitrogen and oxygen atoms in total. The lowest BCUT2D eigenvalue weighted by Gasteiger charge is -2.16. The first-order valence-electron chi connectivity index (χ1n) is 9.86. The Hall–Kier alpha value is -2.80. The van der Waals surface area contributed by atoms with Crippen molar-refractivity contribution in [1.82, 2.24) is 14.9 Å². The molecule has 0 atom stereocenters. The molecule has 0 aliphatic carbocycles. The number of hydrogen-bond acceptors (Lipinski definition) is 4. The van der Waals surface area contributed by atoms with Crippen LogP contribution in [0.15, 0.2) is 76.7 Å². The Morgan fingerprint density at radius 1 is 1.00 bits per heavy atom. The van der Waals surface area contributed by atoms with E-state index in [2.05, 4.69) is 10.3 Å². The van der Waals surface area contributed by atoms with Gasteiger partial charge in [-0.25, -0.2) is 4.98 Å². The minimum Gasteiger partial charge on any atom is -0.351 e. The van der Waals surface area contributed by atoms with Gasteiger partial charge < -0.3 is 5.32 Å². The monoisotopic (exact) mass is 483 g/mol. The van der Waals surface area contributed by atoms with Crippen LogP contribution in [0.5, 0.6) is 0 Å². The molecule has 8 heteroatoms. The molecule has 1 amide bonds. The van der Waals surface area contributed by atoms with E-state index in [0.717, 1.165) is 11.1 Å². The van der Waals surface area contributed by atoms with Gasteiger partial charge in [0, 0.05) is 16.6 Å². The lowest BCUT2D eigenvalue weighted by Crippen LogP contribution is -2.26. The van der Waals surface area contributed by atoms with Crippen LogP contribution in [0.25, 0.3) is 16.6 Å². The van der Waals surface area contributed by atoms with Crippen molar-refractivity contribution < 1.29 is 4.79 Å². The molecule has 0 unspecified atom stereocenters. The third-order valence-electron chi connectivity index (χ3n) is 4.99. The first-order valence-corrected chi connectivity index (χ1v) is 11.6. The highest BCUT2D eigenvalue weighted by molar-refractivity contribution is 7.99. The van der Waals surface area contributed by atoms with Crippen LogP contribution in [0.2, 0.25) is 10.0 Å².